The van der Waals surface area contributed by atoms with Gasteiger partial charge in [-0.1, -0.05) is 13.8 Å². The van der Waals surface area contributed by atoms with Gasteiger partial charge in [-0.2, -0.15) is 0 Å². The molecule has 0 heterocycles. The zero-order chi connectivity index (χ0) is 14.0. The summed E-state index contributed by atoms with van der Waals surface area (Å²) in [6.07, 6.45) is 2.84. The Morgan fingerprint density at radius 3 is 2.28 bits per heavy atom. The highest BCUT2D eigenvalue weighted by Crippen LogP contribution is 2.39. The topological polar surface area (TPSA) is 52.6 Å². The lowest BCUT2D eigenvalue weighted by Crippen LogP contribution is -2.38. The van der Waals surface area contributed by atoms with Crippen molar-refractivity contribution in [2.75, 3.05) is 20.3 Å². The number of ketones is 1. The smallest absolute Gasteiger partial charge is 0.312 e. The van der Waals surface area contributed by atoms with E-state index >= 15 is 0 Å². The van der Waals surface area contributed by atoms with Crippen LogP contribution in [0.25, 0.3) is 0 Å². The van der Waals surface area contributed by atoms with Crippen LogP contribution in [0.15, 0.2) is 0 Å². The van der Waals surface area contributed by atoms with Gasteiger partial charge in [0.2, 0.25) is 0 Å². The molecule has 0 aliphatic heterocycles. The molecule has 0 radical (unpaired) electrons. The molecule has 0 aromatic rings. The number of hydrogen-bond donors (Lipinski definition) is 0. The maximum absolute atomic E-state index is 11.9. The van der Waals surface area contributed by atoms with Gasteiger partial charge in [0, 0.05) is 26.6 Å². The molecule has 0 N–H and O–H groups in total. The van der Waals surface area contributed by atoms with E-state index in [1.165, 1.54) is 0 Å². The van der Waals surface area contributed by atoms with Gasteiger partial charge in [0.25, 0.3) is 0 Å². The monoisotopic (exact) mass is 258 g/mol. The average Bonchev–Trinajstić information content (AvgIpc) is 2.41. The number of Topliss-reactive ketones (excluding diaryl/α,β-unsaturated/α-hetero) is 1. The van der Waals surface area contributed by atoms with E-state index in [-0.39, 0.29) is 11.8 Å². The Bertz CT molecular complexity index is 251. The van der Waals surface area contributed by atoms with E-state index in [1.807, 2.05) is 13.8 Å². The van der Waals surface area contributed by atoms with Crippen molar-refractivity contribution in [1.29, 1.82) is 0 Å². The van der Waals surface area contributed by atoms with E-state index in [1.54, 1.807) is 14.0 Å². The van der Waals surface area contributed by atoms with E-state index < -0.39 is 5.41 Å². The summed E-state index contributed by atoms with van der Waals surface area (Å²) in [5, 5.41) is 0. The Labute approximate surface area is 110 Å². The molecule has 0 aromatic carbocycles. The van der Waals surface area contributed by atoms with Gasteiger partial charge in [-0.25, -0.2) is 0 Å². The lowest BCUT2D eigenvalue weighted by atomic mass is 9.71. The largest absolute Gasteiger partial charge is 0.466 e. The van der Waals surface area contributed by atoms with E-state index in [4.69, 9.17) is 9.47 Å². The second-order valence-electron chi connectivity index (χ2n) is 4.28. The van der Waals surface area contributed by atoms with Crippen LogP contribution in [0.5, 0.6) is 0 Å². The summed E-state index contributed by atoms with van der Waals surface area (Å²) in [6.45, 7) is 6.73. The third-order valence-corrected chi connectivity index (χ3v) is 3.26. The number of hydrogen-bond acceptors (Lipinski definition) is 4. The van der Waals surface area contributed by atoms with Crippen LogP contribution in [0.2, 0.25) is 0 Å². The molecule has 1 rings (SSSR count). The Kier molecular flexibility index (Phi) is 8.63. The average molecular weight is 258 g/mol. The fourth-order valence-electron chi connectivity index (χ4n) is 2.15. The molecule has 1 aliphatic carbocycles. The zero-order valence-electron chi connectivity index (χ0n) is 12.1. The maximum Gasteiger partial charge on any atom is 0.312 e. The predicted molar refractivity (Wildman–Crippen MR) is 70.4 cm³/mol. The number of esters is 1. The van der Waals surface area contributed by atoms with Crippen LogP contribution < -0.4 is 0 Å². The molecule has 18 heavy (non-hydrogen) atoms. The van der Waals surface area contributed by atoms with Crippen LogP contribution in [0, 0.1) is 5.41 Å². The SMILES string of the molecule is CC.CCOC(=O)C1(CCOC)CCC(=O)CC1. The predicted octanol–water partition coefficient (Wildman–Crippen LogP) is 2.74. The second-order valence-corrected chi connectivity index (χ2v) is 4.28. The number of carbonyl (C=O) groups is 2. The quantitative estimate of drug-likeness (QED) is 0.711. The van der Waals surface area contributed by atoms with Gasteiger partial charge >= 0.3 is 5.97 Å². The highest BCUT2D eigenvalue weighted by molar-refractivity contribution is 5.84. The molecule has 1 saturated carbocycles. The fourth-order valence-corrected chi connectivity index (χ4v) is 2.15. The highest BCUT2D eigenvalue weighted by Gasteiger charge is 2.42. The number of methoxy groups -OCH3 is 1. The molecule has 1 fully saturated rings. The van der Waals surface area contributed by atoms with Crippen molar-refractivity contribution in [1.82, 2.24) is 0 Å². The van der Waals surface area contributed by atoms with Crippen LogP contribution in [0.3, 0.4) is 0 Å². The first kappa shape index (κ1) is 17.1. The third kappa shape index (κ3) is 4.77. The van der Waals surface area contributed by atoms with Crippen LogP contribution >= 0.6 is 0 Å². The van der Waals surface area contributed by atoms with E-state index in [2.05, 4.69) is 0 Å². The summed E-state index contributed by atoms with van der Waals surface area (Å²) in [5.74, 6) is 0.0805. The molecule has 106 valence electrons. The van der Waals surface area contributed by atoms with Gasteiger partial charge in [-0.3, -0.25) is 9.59 Å². The first-order chi connectivity index (χ1) is 8.64. The Morgan fingerprint density at radius 1 is 1.28 bits per heavy atom. The van der Waals surface area contributed by atoms with Crippen molar-refractivity contribution in [3.8, 4) is 0 Å². The Morgan fingerprint density at radius 2 is 1.83 bits per heavy atom. The maximum atomic E-state index is 11.9. The highest BCUT2D eigenvalue weighted by atomic mass is 16.5. The van der Waals surface area contributed by atoms with Crippen molar-refractivity contribution < 1.29 is 19.1 Å². The molecule has 0 atom stereocenters. The molecule has 0 amide bonds. The fraction of sp³-hybridized carbons (Fsp3) is 0.857. The minimum absolute atomic E-state index is 0.167. The first-order valence-corrected chi connectivity index (χ1v) is 6.82. The molecule has 1 aliphatic rings. The summed E-state index contributed by atoms with van der Waals surface area (Å²) in [5.41, 5.74) is -0.486. The molecule has 4 nitrogen and oxygen atoms in total. The molecule has 4 heteroatoms. The summed E-state index contributed by atoms with van der Waals surface area (Å²) in [6, 6.07) is 0. The van der Waals surface area contributed by atoms with Gasteiger partial charge in [-0.15, -0.1) is 0 Å². The number of rotatable bonds is 5. The minimum Gasteiger partial charge on any atom is -0.466 e. The van der Waals surface area contributed by atoms with E-state index in [0.29, 0.717) is 45.3 Å². The molecular weight excluding hydrogens is 232 g/mol. The Balaban J connectivity index is 0.00000137. The van der Waals surface area contributed by atoms with Gasteiger partial charge in [0.15, 0.2) is 0 Å². The third-order valence-electron chi connectivity index (χ3n) is 3.26. The van der Waals surface area contributed by atoms with Crippen molar-refractivity contribution in [3.63, 3.8) is 0 Å². The minimum atomic E-state index is -0.486. The lowest BCUT2D eigenvalue weighted by molar-refractivity contribution is -0.159. The Hall–Kier alpha value is -0.900. The van der Waals surface area contributed by atoms with Gasteiger partial charge in [0.05, 0.1) is 12.0 Å². The van der Waals surface area contributed by atoms with Crippen molar-refractivity contribution in [2.45, 2.75) is 52.9 Å². The lowest BCUT2D eigenvalue weighted by Gasteiger charge is -2.34. The number of carbonyl (C=O) groups excluding carboxylic acids is 2. The van der Waals surface area contributed by atoms with Gasteiger partial charge in [0.1, 0.15) is 5.78 Å². The van der Waals surface area contributed by atoms with Crippen LogP contribution in [-0.4, -0.2) is 32.1 Å². The van der Waals surface area contributed by atoms with Crippen LogP contribution in [-0.2, 0) is 19.1 Å². The molecule has 0 spiro atoms. The van der Waals surface area contributed by atoms with Crippen molar-refractivity contribution in [3.05, 3.63) is 0 Å². The standard InChI is InChI=1S/C12H20O4.C2H6/c1-3-16-11(14)12(8-9-15-2)6-4-10(13)5-7-12;1-2/h3-9H2,1-2H3;1-2H3. The summed E-state index contributed by atoms with van der Waals surface area (Å²) in [4.78, 5) is 23.2. The van der Waals surface area contributed by atoms with Crippen LogP contribution in [0.4, 0.5) is 0 Å². The summed E-state index contributed by atoms with van der Waals surface area (Å²) >= 11 is 0. The molecular formula is C14H26O4. The molecule has 0 unspecified atom stereocenters. The molecule has 0 aromatic heterocycles. The van der Waals surface area contributed by atoms with Gasteiger partial charge in [-0.05, 0) is 26.2 Å². The van der Waals surface area contributed by atoms with Gasteiger partial charge < -0.3 is 9.47 Å². The number of ether oxygens (including phenoxy) is 2. The van der Waals surface area contributed by atoms with Crippen molar-refractivity contribution >= 4 is 11.8 Å². The zero-order valence-corrected chi connectivity index (χ0v) is 12.1. The summed E-state index contributed by atoms with van der Waals surface area (Å²) < 4.78 is 10.1. The molecule has 0 saturated heterocycles. The first-order valence-electron chi connectivity index (χ1n) is 6.82. The van der Waals surface area contributed by atoms with Crippen LogP contribution in [0.1, 0.15) is 52.9 Å². The van der Waals surface area contributed by atoms with Crippen molar-refractivity contribution in [2.24, 2.45) is 5.41 Å². The summed E-state index contributed by atoms with van der Waals surface area (Å²) in [7, 11) is 1.62. The van der Waals surface area contributed by atoms with E-state index in [0.717, 1.165) is 0 Å². The molecule has 0 bridgehead atoms. The normalized spacial score (nSPS) is 17.7. The van der Waals surface area contributed by atoms with E-state index in [9.17, 15) is 9.59 Å². The second kappa shape index (κ2) is 9.09.